The van der Waals surface area contributed by atoms with Gasteiger partial charge < -0.3 is 4.43 Å². The van der Waals surface area contributed by atoms with Crippen molar-refractivity contribution in [2.24, 2.45) is 5.41 Å². The molecule has 0 atom stereocenters. The minimum Gasteiger partial charge on any atom is -0.416 e. The molecule has 0 bridgehead atoms. The maximum absolute atomic E-state index is 11.4. The lowest BCUT2D eigenvalue weighted by Gasteiger charge is -2.38. The van der Waals surface area contributed by atoms with Crippen LogP contribution in [0.25, 0.3) is 0 Å². The topological polar surface area (TPSA) is 26.3 Å². The summed E-state index contributed by atoms with van der Waals surface area (Å²) in [5, 5.41) is 0.208. The number of carbonyl (C=O) groups is 1. The van der Waals surface area contributed by atoms with Crippen LogP contribution in [0.2, 0.25) is 18.1 Å². The fraction of sp³-hybridized carbons (Fsp3) is 0.917. The zero-order valence-corrected chi connectivity index (χ0v) is 12.5. The molecule has 0 fully saturated rings. The van der Waals surface area contributed by atoms with Gasteiger partial charge in [0.05, 0.1) is 0 Å². The first-order chi connectivity index (χ1) is 6.40. The molecule has 0 heterocycles. The molecule has 0 N–H and O–H groups in total. The Kier molecular flexibility index (Phi) is 4.33. The average Bonchev–Trinajstić information content (AvgIpc) is 1.99. The fourth-order valence-corrected chi connectivity index (χ4v) is 1.83. The van der Waals surface area contributed by atoms with Crippen LogP contribution in [0.3, 0.4) is 0 Å². The lowest BCUT2D eigenvalue weighted by atomic mass is 9.90. The van der Waals surface area contributed by atoms with Gasteiger partial charge in [0, 0.05) is 12.0 Å². The molecule has 0 saturated heterocycles. The van der Waals surface area contributed by atoms with Gasteiger partial charge in [-0.2, -0.15) is 0 Å². The smallest absolute Gasteiger partial charge is 0.192 e. The van der Waals surface area contributed by atoms with E-state index in [0.29, 0.717) is 6.61 Å². The quantitative estimate of drug-likeness (QED) is 0.689. The summed E-state index contributed by atoms with van der Waals surface area (Å²) in [5.74, 6) is 0.196. The Morgan fingerprint density at radius 2 is 1.53 bits per heavy atom. The van der Waals surface area contributed by atoms with Crippen LogP contribution in [-0.4, -0.2) is 20.7 Å². The number of carbonyl (C=O) groups excluding carboxylic acids is 1. The predicted octanol–water partition coefficient (Wildman–Crippen LogP) is 3.62. The highest BCUT2D eigenvalue weighted by Gasteiger charge is 2.39. The van der Waals surface area contributed by atoms with Crippen LogP contribution in [0.5, 0.6) is 0 Å². The third-order valence-electron chi connectivity index (χ3n) is 3.55. The third-order valence-corrected chi connectivity index (χ3v) is 8.03. The average molecular weight is 230 g/mol. The molecule has 0 aliphatic rings. The van der Waals surface area contributed by atoms with Crippen molar-refractivity contribution in [3.8, 4) is 0 Å². The molecular formula is C12H26O2Si. The van der Waals surface area contributed by atoms with Crippen molar-refractivity contribution >= 4 is 14.1 Å². The van der Waals surface area contributed by atoms with Crippen molar-refractivity contribution in [1.29, 1.82) is 0 Å². The van der Waals surface area contributed by atoms with Gasteiger partial charge >= 0.3 is 0 Å². The van der Waals surface area contributed by atoms with E-state index in [-0.39, 0.29) is 16.2 Å². The van der Waals surface area contributed by atoms with Gasteiger partial charge in [-0.25, -0.2) is 0 Å². The zero-order valence-electron chi connectivity index (χ0n) is 11.5. The molecule has 0 aliphatic heterocycles. The fourth-order valence-electron chi connectivity index (χ4n) is 0.679. The maximum atomic E-state index is 11.4. The first kappa shape index (κ1) is 14.8. The number of hydrogen-bond acceptors (Lipinski definition) is 2. The van der Waals surface area contributed by atoms with Crippen molar-refractivity contribution in [2.45, 2.75) is 59.7 Å². The number of ketones is 1. The molecule has 0 unspecified atom stereocenters. The number of hydrogen-bond donors (Lipinski definition) is 0. The minimum atomic E-state index is -1.71. The largest absolute Gasteiger partial charge is 0.416 e. The lowest BCUT2D eigenvalue weighted by Crippen LogP contribution is -2.44. The van der Waals surface area contributed by atoms with Gasteiger partial charge in [-0.1, -0.05) is 34.6 Å². The second kappa shape index (κ2) is 4.38. The van der Waals surface area contributed by atoms with Gasteiger partial charge in [-0.15, -0.1) is 0 Å². The second-order valence-electron chi connectivity index (χ2n) is 6.49. The van der Waals surface area contributed by atoms with E-state index in [4.69, 9.17) is 4.43 Å². The molecule has 15 heavy (non-hydrogen) atoms. The summed E-state index contributed by atoms with van der Waals surface area (Å²) in [6.45, 7) is 17.1. The van der Waals surface area contributed by atoms with Crippen LogP contribution in [-0.2, 0) is 9.22 Å². The van der Waals surface area contributed by atoms with E-state index in [1.165, 1.54) is 0 Å². The van der Waals surface area contributed by atoms with Crippen LogP contribution in [0, 0.1) is 5.41 Å². The van der Waals surface area contributed by atoms with Gasteiger partial charge in [-0.05, 0) is 25.1 Å². The van der Waals surface area contributed by atoms with Crippen LogP contribution < -0.4 is 0 Å². The van der Waals surface area contributed by atoms with Crippen molar-refractivity contribution in [3.05, 3.63) is 0 Å². The summed E-state index contributed by atoms with van der Waals surface area (Å²) in [7, 11) is -1.71. The molecule has 3 heteroatoms. The van der Waals surface area contributed by atoms with Gasteiger partial charge in [0.1, 0.15) is 5.78 Å². The number of Topliss-reactive ketones (excluding diaryl/α,β-unsaturated/α-hetero) is 1. The summed E-state index contributed by atoms with van der Waals surface area (Å²) in [6, 6.07) is 0. The lowest BCUT2D eigenvalue weighted by molar-refractivity contribution is -0.126. The van der Waals surface area contributed by atoms with E-state index < -0.39 is 8.32 Å². The van der Waals surface area contributed by atoms with E-state index >= 15 is 0 Å². The Hall–Kier alpha value is -0.153. The Morgan fingerprint density at radius 3 is 1.80 bits per heavy atom. The molecule has 0 aromatic rings. The van der Waals surface area contributed by atoms with Crippen LogP contribution >= 0.6 is 0 Å². The normalized spacial score (nSPS) is 14.1. The highest BCUT2D eigenvalue weighted by Crippen LogP contribution is 2.37. The van der Waals surface area contributed by atoms with Crippen molar-refractivity contribution < 1.29 is 9.22 Å². The summed E-state index contributed by atoms with van der Waals surface area (Å²) in [5.41, 5.74) is -0.352. The molecule has 0 aliphatic carbocycles. The van der Waals surface area contributed by atoms with E-state index in [1.807, 2.05) is 13.8 Å². The Labute approximate surface area is 95.5 Å². The second-order valence-corrected chi connectivity index (χ2v) is 11.3. The Morgan fingerprint density at radius 1 is 1.13 bits per heavy atom. The predicted molar refractivity (Wildman–Crippen MR) is 67.6 cm³/mol. The molecular weight excluding hydrogens is 204 g/mol. The first-order valence-electron chi connectivity index (χ1n) is 5.55. The molecule has 2 nitrogen and oxygen atoms in total. The van der Waals surface area contributed by atoms with Crippen molar-refractivity contribution in [2.75, 3.05) is 6.61 Å². The first-order valence-corrected chi connectivity index (χ1v) is 8.46. The van der Waals surface area contributed by atoms with Crippen LogP contribution in [0.1, 0.15) is 41.5 Å². The SMILES string of the molecule is CC(=O)C(C)(C)CO[Si](C)(C)C(C)(C)C. The van der Waals surface area contributed by atoms with Gasteiger partial charge in [0.2, 0.25) is 0 Å². The maximum Gasteiger partial charge on any atom is 0.192 e. The van der Waals surface area contributed by atoms with Gasteiger partial charge in [0.15, 0.2) is 8.32 Å². The monoisotopic (exact) mass is 230 g/mol. The highest BCUT2D eigenvalue weighted by atomic mass is 28.4. The molecule has 0 spiro atoms. The molecule has 0 saturated carbocycles. The van der Waals surface area contributed by atoms with E-state index in [9.17, 15) is 4.79 Å². The molecule has 0 rings (SSSR count). The summed E-state index contributed by atoms with van der Waals surface area (Å²) in [4.78, 5) is 11.4. The Bertz CT molecular complexity index is 236. The molecule has 0 amide bonds. The van der Waals surface area contributed by atoms with Crippen molar-refractivity contribution in [1.82, 2.24) is 0 Å². The minimum absolute atomic E-state index is 0.196. The summed E-state index contributed by atoms with van der Waals surface area (Å²) < 4.78 is 6.04. The van der Waals surface area contributed by atoms with Gasteiger partial charge in [0.25, 0.3) is 0 Å². The molecule has 0 aromatic carbocycles. The van der Waals surface area contributed by atoms with Crippen LogP contribution in [0.4, 0.5) is 0 Å². The number of rotatable bonds is 4. The molecule has 90 valence electrons. The summed E-state index contributed by atoms with van der Waals surface area (Å²) in [6.07, 6.45) is 0. The van der Waals surface area contributed by atoms with E-state index in [2.05, 4.69) is 33.9 Å². The van der Waals surface area contributed by atoms with E-state index in [1.54, 1.807) is 6.92 Å². The molecule has 0 radical (unpaired) electrons. The summed E-state index contributed by atoms with van der Waals surface area (Å²) >= 11 is 0. The van der Waals surface area contributed by atoms with Gasteiger partial charge in [-0.3, -0.25) is 4.79 Å². The standard InChI is InChI=1S/C12H26O2Si/c1-10(13)12(5,6)9-14-15(7,8)11(2,3)4/h9H2,1-8H3. The highest BCUT2D eigenvalue weighted by molar-refractivity contribution is 6.74. The van der Waals surface area contributed by atoms with Crippen LogP contribution in [0.15, 0.2) is 0 Å². The zero-order chi connectivity index (χ0) is 12.5. The van der Waals surface area contributed by atoms with E-state index in [0.717, 1.165) is 0 Å². The van der Waals surface area contributed by atoms with Crippen molar-refractivity contribution in [3.63, 3.8) is 0 Å². The third kappa shape index (κ3) is 4.07. The molecule has 0 aromatic heterocycles. The Balaban J connectivity index is 4.47.